The second-order valence-corrected chi connectivity index (χ2v) is 6.73. The molecular weight excluding hydrogens is 306 g/mol. The number of aromatic amines is 1. The van der Waals surface area contributed by atoms with Gasteiger partial charge >= 0.3 is 5.69 Å². The van der Waals surface area contributed by atoms with Gasteiger partial charge in [0.25, 0.3) is 5.56 Å². The van der Waals surface area contributed by atoms with Crippen molar-refractivity contribution in [2.24, 2.45) is 5.92 Å². The quantitative estimate of drug-likeness (QED) is 0.934. The minimum Gasteiger partial charge on any atom is -0.341 e. The molecule has 1 aromatic carbocycles. The van der Waals surface area contributed by atoms with E-state index >= 15 is 0 Å². The van der Waals surface area contributed by atoms with E-state index in [2.05, 4.69) is 4.98 Å². The zero-order chi connectivity index (χ0) is 17.3. The Morgan fingerprint density at radius 1 is 1.08 bits per heavy atom. The van der Waals surface area contributed by atoms with E-state index in [0.717, 1.165) is 23.8 Å². The van der Waals surface area contributed by atoms with E-state index in [-0.39, 0.29) is 11.8 Å². The number of para-hydroxylation sites is 1. The van der Waals surface area contributed by atoms with Crippen LogP contribution in [-0.2, 0) is 4.79 Å². The first-order valence-electron chi connectivity index (χ1n) is 8.53. The van der Waals surface area contributed by atoms with Gasteiger partial charge in [-0.05, 0) is 37.3 Å². The summed E-state index contributed by atoms with van der Waals surface area (Å²) in [5.74, 6) is -0.285. The lowest BCUT2D eigenvalue weighted by molar-refractivity contribution is -0.137. The summed E-state index contributed by atoms with van der Waals surface area (Å²) in [6.07, 6.45) is 3.06. The molecule has 0 bridgehead atoms. The van der Waals surface area contributed by atoms with Crippen molar-refractivity contribution in [3.8, 4) is 0 Å². The SMILES string of the molecule is CC(C)C(C(=O)N1CCCCC1)n1c(=O)[nH]c2ccccc2c1=O. The molecule has 0 radical (unpaired) electrons. The monoisotopic (exact) mass is 329 g/mol. The zero-order valence-corrected chi connectivity index (χ0v) is 14.1. The first-order valence-corrected chi connectivity index (χ1v) is 8.53. The first kappa shape index (κ1) is 16.5. The van der Waals surface area contributed by atoms with Crippen LogP contribution in [0.2, 0.25) is 0 Å². The molecule has 1 fully saturated rings. The number of amides is 1. The summed E-state index contributed by atoms with van der Waals surface area (Å²) in [6.45, 7) is 5.13. The molecule has 1 saturated heterocycles. The summed E-state index contributed by atoms with van der Waals surface area (Å²) in [5, 5.41) is 0.425. The smallest absolute Gasteiger partial charge is 0.329 e. The van der Waals surface area contributed by atoms with Gasteiger partial charge in [0.2, 0.25) is 5.91 Å². The number of nitrogens with one attached hydrogen (secondary N) is 1. The van der Waals surface area contributed by atoms with Gasteiger partial charge in [0.05, 0.1) is 10.9 Å². The third-order valence-corrected chi connectivity index (χ3v) is 4.67. The Labute approximate surface area is 140 Å². The third kappa shape index (κ3) is 2.88. The molecule has 0 aliphatic carbocycles. The van der Waals surface area contributed by atoms with Gasteiger partial charge in [0, 0.05) is 13.1 Å². The molecule has 1 N–H and O–H groups in total. The number of piperidine rings is 1. The number of carbonyl (C=O) groups is 1. The molecule has 2 aromatic rings. The van der Waals surface area contributed by atoms with Crippen molar-refractivity contribution in [2.45, 2.75) is 39.2 Å². The number of nitrogens with zero attached hydrogens (tertiary/aromatic N) is 2. The molecule has 0 spiro atoms. The van der Waals surface area contributed by atoms with Gasteiger partial charge in [-0.1, -0.05) is 26.0 Å². The normalized spacial score (nSPS) is 16.5. The van der Waals surface area contributed by atoms with Gasteiger partial charge < -0.3 is 9.88 Å². The average molecular weight is 329 g/mol. The third-order valence-electron chi connectivity index (χ3n) is 4.67. The molecule has 2 heterocycles. The summed E-state index contributed by atoms with van der Waals surface area (Å²) in [7, 11) is 0. The van der Waals surface area contributed by atoms with E-state index in [1.165, 1.54) is 0 Å². The van der Waals surface area contributed by atoms with Gasteiger partial charge in [0.1, 0.15) is 6.04 Å². The highest BCUT2D eigenvalue weighted by Gasteiger charge is 2.32. The predicted octanol–water partition coefficient (Wildman–Crippen LogP) is 1.90. The maximum atomic E-state index is 13.0. The molecule has 1 aliphatic rings. The van der Waals surface area contributed by atoms with E-state index in [1.807, 2.05) is 13.8 Å². The lowest BCUT2D eigenvalue weighted by Crippen LogP contribution is -2.49. The number of aromatic nitrogens is 2. The van der Waals surface area contributed by atoms with Crippen molar-refractivity contribution in [1.29, 1.82) is 0 Å². The molecule has 6 nitrogen and oxygen atoms in total. The first-order chi connectivity index (χ1) is 11.5. The molecule has 3 rings (SSSR count). The second kappa shape index (κ2) is 6.63. The van der Waals surface area contributed by atoms with E-state index in [0.29, 0.717) is 24.0 Å². The summed E-state index contributed by atoms with van der Waals surface area (Å²) < 4.78 is 1.10. The standard InChI is InChI=1S/C18H23N3O3/c1-12(2)15(17(23)20-10-6-3-7-11-20)21-16(22)13-8-4-5-9-14(13)19-18(21)24/h4-5,8-9,12,15H,3,6-7,10-11H2,1-2H3,(H,19,24). The molecule has 24 heavy (non-hydrogen) atoms. The fourth-order valence-electron chi connectivity index (χ4n) is 3.42. The van der Waals surface area contributed by atoms with Crippen LogP contribution in [0.15, 0.2) is 33.9 Å². The highest BCUT2D eigenvalue weighted by atomic mass is 16.2. The number of H-pyrrole nitrogens is 1. The summed E-state index contributed by atoms with van der Waals surface area (Å²) >= 11 is 0. The molecule has 1 amide bonds. The maximum absolute atomic E-state index is 13.0. The minimum atomic E-state index is -0.774. The molecule has 128 valence electrons. The van der Waals surface area contributed by atoms with Crippen molar-refractivity contribution in [1.82, 2.24) is 14.5 Å². The Balaban J connectivity index is 2.12. The minimum absolute atomic E-state index is 0.132. The van der Waals surface area contributed by atoms with Crippen LogP contribution in [0.4, 0.5) is 0 Å². The Kier molecular flexibility index (Phi) is 4.55. The molecular formula is C18H23N3O3. The Morgan fingerprint density at radius 2 is 1.75 bits per heavy atom. The summed E-state index contributed by atoms with van der Waals surface area (Å²) in [6, 6.07) is 6.11. The number of hydrogen-bond donors (Lipinski definition) is 1. The van der Waals surface area contributed by atoms with Crippen molar-refractivity contribution in [3.63, 3.8) is 0 Å². The van der Waals surface area contributed by atoms with Gasteiger partial charge in [0.15, 0.2) is 0 Å². The van der Waals surface area contributed by atoms with Gasteiger partial charge in [-0.25, -0.2) is 9.36 Å². The van der Waals surface area contributed by atoms with Crippen LogP contribution >= 0.6 is 0 Å². The molecule has 6 heteroatoms. The van der Waals surface area contributed by atoms with E-state index < -0.39 is 17.3 Å². The fourth-order valence-corrected chi connectivity index (χ4v) is 3.42. The van der Waals surface area contributed by atoms with Crippen LogP contribution < -0.4 is 11.2 Å². The zero-order valence-electron chi connectivity index (χ0n) is 14.1. The van der Waals surface area contributed by atoms with E-state index in [4.69, 9.17) is 0 Å². The van der Waals surface area contributed by atoms with Crippen molar-refractivity contribution in [3.05, 3.63) is 45.1 Å². The molecule has 1 atom stereocenters. The van der Waals surface area contributed by atoms with Gasteiger partial charge in [-0.2, -0.15) is 0 Å². The number of carbonyl (C=O) groups excluding carboxylic acids is 1. The predicted molar refractivity (Wildman–Crippen MR) is 93.1 cm³/mol. The number of hydrogen-bond acceptors (Lipinski definition) is 3. The van der Waals surface area contributed by atoms with E-state index in [9.17, 15) is 14.4 Å². The number of likely N-dealkylation sites (tertiary alicyclic amines) is 1. The van der Waals surface area contributed by atoms with Crippen LogP contribution in [-0.4, -0.2) is 33.4 Å². The second-order valence-electron chi connectivity index (χ2n) is 6.73. The van der Waals surface area contributed by atoms with Crippen LogP contribution in [0.25, 0.3) is 10.9 Å². The molecule has 1 unspecified atom stereocenters. The van der Waals surface area contributed by atoms with E-state index in [1.54, 1.807) is 29.2 Å². The summed E-state index contributed by atoms with van der Waals surface area (Å²) in [4.78, 5) is 42.9. The highest BCUT2D eigenvalue weighted by Crippen LogP contribution is 2.21. The van der Waals surface area contributed by atoms with Crippen LogP contribution in [0.3, 0.4) is 0 Å². The number of benzene rings is 1. The maximum Gasteiger partial charge on any atom is 0.329 e. The van der Waals surface area contributed by atoms with Crippen molar-refractivity contribution >= 4 is 16.8 Å². The fraction of sp³-hybridized carbons (Fsp3) is 0.500. The largest absolute Gasteiger partial charge is 0.341 e. The van der Waals surface area contributed by atoms with Crippen molar-refractivity contribution in [2.75, 3.05) is 13.1 Å². The average Bonchev–Trinajstić information content (AvgIpc) is 2.58. The highest BCUT2D eigenvalue weighted by molar-refractivity contribution is 5.82. The van der Waals surface area contributed by atoms with Gasteiger partial charge in [-0.15, -0.1) is 0 Å². The Bertz CT molecular complexity index is 860. The lowest BCUT2D eigenvalue weighted by atomic mass is 10.0. The molecule has 1 aromatic heterocycles. The number of fused-ring (bicyclic) bond motifs is 1. The van der Waals surface area contributed by atoms with Crippen LogP contribution in [0, 0.1) is 5.92 Å². The van der Waals surface area contributed by atoms with Gasteiger partial charge in [-0.3, -0.25) is 9.59 Å². The summed E-state index contributed by atoms with van der Waals surface area (Å²) in [5.41, 5.74) is -0.433. The topological polar surface area (TPSA) is 75.2 Å². The number of rotatable bonds is 3. The van der Waals surface area contributed by atoms with Crippen molar-refractivity contribution < 1.29 is 4.79 Å². The van der Waals surface area contributed by atoms with Crippen LogP contribution in [0.5, 0.6) is 0 Å². The Morgan fingerprint density at radius 3 is 2.42 bits per heavy atom. The molecule has 0 saturated carbocycles. The lowest BCUT2D eigenvalue weighted by Gasteiger charge is -2.32. The Hall–Kier alpha value is -2.37. The molecule has 1 aliphatic heterocycles. The van der Waals surface area contributed by atoms with Crippen LogP contribution in [0.1, 0.15) is 39.2 Å².